The van der Waals surface area contributed by atoms with E-state index in [1.807, 2.05) is 19.1 Å². The van der Waals surface area contributed by atoms with E-state index in [-0.39, 0.29) is 0 Å². The molecule has 0 fully saturated rings. The van der Waals surface area contributed by atoms with Gasteiger partial charge in [-0.3, -0.25) is 0 Å². The first-order valence-corrected chi connectivity index (χ1v) is 10.2. The van der Waals surface area contributed by atoms with E-state index in [4.69, 9.17) is 4.74 Å². The summed E-state index contributed by atoms with van der Waals surface area (Å²) in [6.45, 7) is 4.91. The molecule has 3 rings (SSSR count). The zero-order chi connectivity index (χ0) is 19.2. The van der Waals surface area contributed by atoms with Crippen LogP contribution in [0.4, 0.5) is 0 Å². The van der Waals surface area contributed by atoms with Crippen LogP contribution in [0.15, 0.2) is 42.5 Å². The Morgan fingerprint density at radius 3 is 2.56 bits per heavy atom. The Morgan fingerprint density at radius 2 is 1.89 bits per heavy atom. The molecule has 1 aliphatic carbocycles. The lowest BCUT2D eigenvalue weighted by Crippen LogP contribution is -2.22. The molecular formula is C24H30O3. The highest BCUT2D eigenvalue weighted by Crippen LogP contribution is 2.43. The van der Waals surface area contributed by atoms with E-state index in [2.05, 4.69) is 31.2 Å². The average Bonchev–Trinajstić information content (AvgIpc) is 2.68. The summed E-state index contributed by atoms with van der Waals surface area (Å²) < 4.78 is 5.60. The molecule has 0 radical (unpaired) electrons. The number of rotatable bonds is 8. The Balaban J connectivity index is 1.94. The minimum atomic E-state index is -0.847. The van der Waals surface area contributed by atoms with Crippen molar-refractivity contribution >= 4 is 5.97 Å². The van der Waals surface area contributed by atoms with Gasteiger partial charge in [0.2, 0.25) is 0 Å². The van der Waals surface area contributed by atoms with E-state index in [1.165, 1.54) is 42.4 Å². The zero-order valence-corrected chi connectivity index (χ0v) is 16.4. The molecule has 0 saturated heterocycles. The molecule has 2 atom stereocenters. The predicted molar refractivity (Wildman–Crippen MR) is 109 cm³/mol. The number of carbonyl (C=O) groups is 1. The molecular weight excluding hydrogens is 336 g/mol. The van der Waals surface area contributed by atoms with Crippen LogP contribution in [0.25, 0.3) is 0 Å². The van der Waals surface area contributed by atoms with Crippen molar-refractivity contribution < 1.29 is 14.6 Å². The molecule has 0 spiro atoms. The first-order chi connectivity index (χ1) is 13.1. The van der Waals surface area contributed by atoms with Crippen LogP contribution in [0.1, 0.15) is 78.9 Å². The Morgan fingerprint density at radius 1 is 1.11 bits per heavy atom. The van der Waals surface area contributed by atoms with E-state index in [0.717, 1.165) is 18.6 Å². The highest BCUT2D eigenvalue weighted by molar-refractivity contribution is 5.88. The molecule has 0 aliphatic heterocycles. The molecule has 27 heavy (non-hydrogen) atoms. The molecule has 1 N–H and O–H groups in total. The Bertz CT molecular complexity index is 764. The van der Waals surface area contributed by atoms with Crippen LogP contribution in [0.5, 0.6) is 5.75 Å². The third-order valence-corrected chi connectivity index (χ3v) is 5.71. The van der Waals surface area contributed by atoms with Crippen molar-refractivity contribution in [3.8, 4) is 5.75 Å². The third kappa shape index (κ3) is 4.52. The summed E-state index contributed by atoms with van der Waals surface area (Å²) in [5.74, 6) is 1.00. The second-order valence-corrected chi connectivity index (χ2v) is 7.49. The minimum absolute atomic E-state index is 0.337. The number of benzene rings is 2. The number of carboxylic acids is 1. The van der Waals surface area contributed by atoms with Gasteiger partial charge in [-0.05, 0) is 73.1 Å². The molecule has 3 nitrogen and oxygen atoms in total. The van der Waals surface area contributed by atoms with Gasteiger partial charge in [0.1, 0.15) is 5.75 Å². The van der Waals surface area contributed by atoms with Crippen LogP contribution in [0.2, 0.25) is 0 Å². The van der Waals surface area contributed by atoms with E-state index >= 15 is 0 Å². The second kappa shape index (κ2) is 9.07. The van der Waals surface area contributed by atoms with Crippen LogP contribution in [0.3, 0.4) is 0 Å². The Kier molecular flexibility index (Phi) is 6.54. The number of carboxylic acid groups (broad SMARTS) is 1. The number of hydrogen-bond acceptors (Lipinski definition) is 2. The van der Waals surface area contributed by atoms with Gasteiger partial charge in [-0.25, -0.2) is 4.79 Å². The van der Waals surface area contributed by atoms with Crippen molar-refractivity contribution in [2.75, 3.05) is 6.61 Å². The number of aryl methyl sites for hydroxylation is 1. The van der Waals surface area contributed by atoms with Gasteiger partial charge < -0.3 is 9.84 Å². The summed E-state index contributed by atoms with van der Waals surface area (Å²) in [6, 6.07) is 14.2. The molecule has 0 saturated carbocycles. The predicted octanol–water partition coefficient (Wildman–Crippen LogP) is 6.06. The van der Waals surface area contributed by atoms with E-state index in [1.54, 1.807) is 6.07 Å². The molecule has 0 amide bonds. The fraction of sp³-hybridized carbons (Fsp3) is 0.458. The van der Waals surface area contributed by atoms with Crippen molar-refractivity contribution in [1.29, 1.82) is 0 Å². The van der Waals surface area contributed by atoms with Gasteiger partial charge in [0.05, 0.1) is 12.2 Å². The molecule has 0 aromatic heterocycles. The van der Waals surface area contributed by atoms with Crippen LogP contribution < -0.4 is 4.74 Å². The molecule has 144 valence electrons. The number of ether oxygens (including phenoxy) is 1. The van der Waals surface area contributed by atoms with Crippen molar-refractivity contribution in [3.63, 3.8) is 0 Å². The summed E-state index contributed by atoms with van der Waals surface area (Å²) >= 11 is 0. The van der Waals surface area contributed by atoms with E-state index < -0.39 is 5.97 Å². The van der Waals surface area contributed by atoms with Gasteiger partial charge in [-0.1, -0.05) is 44.4 Å². The summed E-state index contributed by atoms with van der Waals surface area (Å²) in [4.78, 5) is 11.4. The smallest absolute Gasteiger partial charge is 0.335 e. The molecule has 3 heteroatoms. The maximum absolute atomic E-state index is 11.4. The van der Waals surface area contributed by atoms with Crippen LogP contribution in [-0.4, -0.2) is 17.7 Å². The SMILES string of the molecule is CCCCCC1CCc2cc(C(=O)O)ccc2C1c1ccc(OCC)cc1. The Hall–Kier alpha value is -2.29. The largest absolute Gasteiger partial charge is 0.494 e. The standard InChI is InChI=1S/C24H30O3/c1-3-5-6-7-17-8-9-19-16-20(24(25)26)12-15-22(19)23(17)18-10-13-21(14-11-18)27-4-2/h10-17,23H,3-9H2,1-2H3,(H,25,26). The van der Waals surface area contributed by atoms with Gasteiger partial charge in [-0.15, -0.1) is 0 Å². The van der Waals surface area contributed by atoms with Gasteiger partial charge in [0, 0.05) is 5.92 Å². The molecule has 0 bridgehead atoms. The van der Waals surface area contributed by atoms with Crippen LogP contribution in [0, 0.1) is 5.92 Å². The molecule has 0 heterocycles. The summed E-state index contributed by atoms with van der Waals surface area (Å²) in [6.07, 6.45) is 7.10. The van der Waals surface area contributed by atoms with Crippen molar-refractivity contribution in [1.82, 2.24) is 0 Å². The Labute approximate surface area is 162 Å². The monoisotopic (exact) mass is 366 g/mol. The quantitative estimate of drug-likeness (QED) is 0.578. The highest BCUT2D eigenvalue weighted by atomic mass is 16.5. The molecule has 2 aromatic rings. The average molecular weight is 367 g/mol. The van der Waals surface area contributed by atoms with Crippen LogP contribution in [-0.2, 0) is 6.42 Å². The lowest BCUT2D eigenvalue weighted by atomic mass is 9.70. The first-order valence-electron chi connectivity index (χ1n) is 10.2. The topological polar surface area (TPSA) is 46.5 Å². The maximum atomic E-state index is 11.4. The van der Waals surface area contributed by atoms with Gasteiger partial charge in [-0.2, -0.15) is 0 Å². The minimum Gasteiger partial charge on any atom is -0.494 e. The van der Waals surface area contributed by atoms with Gasteiger partial charge in [0.25, 0.3) is 0 Å². The summed E-state index contributed by atoms with van der Waals surface area (Å²) in [7, 11) is 0. The van der Waals surface area contributed by atoms with Crippen molar-refractivity contribution in [2.24, 2.45) is 5.92 Å². The summed E-state index contributed by atoms with van der Waals surface area (Å²) in [5.41, 5.74) is 4.20. The van der Waals surface area contributed by atoms with E-state index in [0.29, 0.717) is 24.0 Å². The fourth-order valence-corrected chi connectivity index (χ4v) is 4.38. The van der Waals surface area contributed by atoms with Crippen LogP contribution >= 0.6 is 0 Å². The first kappa shape index (κ1) is 19.5. The normalized spacial score (nSPS) is 18.7. The third-order valence-electron chi connectivity index (χ3n) is 5.71. The molecule has 2 aromatic carbocycles. The van der Waals surface area contributed by atoms with Crippen molar-refractivity contribution in [2.45, 2.75) is 58.3 Å². The van der Waals surface area contributed by atoms with Gasteiger partial charge in [0.15, 0.2) is 0 Å². The number of unbranched alkanes of at least 4 members (excludes halogenated alkanes) is 2. The molecule has 1 aliphatic rings. The lowest BCUT2D eigenvalue weighted by Gasteiger charge is -2.34. The highest BCUT2D eigenvalue weighted by Gasteiger charge is 2.31. The second-order valence-electron chi connectivity index (χ2n) is 7.49. The maximum Gasteiger partial charge on any atom is 0.335 e. The zero-order valence-electron chi connectivity index (χ0n) is 16.4. The molecule has 2 unspecified atom stereocenters. The summed E-state index contributed by atoms with van der Waals surface area (Å²) in [5, 5.41) is 9.33. The fourth-order valence-electron chi connectivity index (χ4n) is 4.38. The van der Waals surface area contributed by atoms with Gasteiger partial charge >= 0.3 is 5.97 Å². The lowest BCUT2D eigenvalue weighted by molar-refractivity contribution is 0.0696. The number of hydrogen-bond donors (Lipinski definition) is 1. The number of aromatic carboxylic acids is 1. The van der Waals surface area contributed by atoms with E-state index in [9.17, 15) is 9.90 Å². The number of fused-ring (bicyclic) bond motifs is 1. The van der Waals surface area contributed by atoms with Crippen molar-refractivity contribution in [3.05, 3.63) is 64.7 Å².